The van der Waals surface area contributed by atoms with Crippen LogP contribution in [0.2, 0.25) is 5.02 Å². The van der Waals surface area contributed by atoms with Crippen molar-refractivity contribution in [3.05, 3.63) is 75.4 Å². The second-order valence-corrected chi connectivity index (χ2v) is 8.97. The molecule has 0 fully saturated rings. The van der Waals surface area contributed by atoms with E-state index in [0.29, 0.717) is 22.2 Å². The van der Waals surface area contributed by atoms with Gasteiger partial charge in [0.15, 0.2) is 9.84 Å². The molecule has 0 atom stereocenters. The van der Waals surface area contributed by atoms with Gasteiger partial charge in [-0.1, -0.05) is 11.6 Å². The zero-order valence-electron chi connectivity index (χ0n) is 15.8. The third kappa shape index (κ3) is 5.02. The van der Waals surface area contributed by atoms with Gasteiger partial charge < -0.3 is 5.32 Å². The number of halogens is 1. The number of sulfone groups is 1. The maximum absolute atomic E-state index is 12.4. The van der Waals surface area contributed by atoms with Crippen LogP contribution in [0.3, 0.4) is 0 Å². The van der Waals surface area contributed by atoms with Crippen LogP contribution in [0.4, 0.5) is 11.5 Å². The highest BCUT2D eigenvalue weighted by atomic mass is 35.5. The van der Waals surface area contributed by atoms with Crippen molar-refractivity contribution in [1.29, 1.82) is 0 Å². The van der Waals surface area contributed by atoms with Gasteiger partial charge in [-0.05, 0) is 43.3 Å². The van der Waals surface area contributed by atoms with Gasteiger partial charge in [0.05, 0.1) is 27.0 Å². The fourth-order valence-corrected chi connectivity index (χ4v) is 4.06. The predicted octanol–water partition coefficient (Wildman–Crippen LogP) is 3.54. The fraction of sp³-hybridized carbons (Fsp3) is 0.158. The minimum Gasteiger partial charge on any atom is -0.311 e. The van der Waals surface area contributed by atoms with E-state index in [4.69, 9.17) is 11.6 Å². The molecule has 0 unspecified atom stereocenters. The number of amides is 1. The minimum atomic E-state index is -3.64. The van der Waals surface area contributed by atoms with Gasteiger partial charge in [-0.2, -0.15) is 5.10 Å². The zero-order valence-corrected chi connectivity index (χ0v) is 17.4. The lowest BCUT2D eigenvalue weighted by Crippen LogP contribution is -2.19. The van der Waals surface area contributed by atoms with Crippen LogP contribution in [-0.2, 0) is 14.6 Å². The highest BCUT2D eigenvalue weighted by Gasteiger charge is 2.18. The fourth-order valence-electron chi connectivity index (χ4n) is 2.69. The molecule has 0 saturated carbocycles. The molecule has 0 spiro atoms. The van der Waals surface area contributed by atoms with Gasteiger partial charge in [0, 0.05) is 29.6 Å². The van der Waals surface area contributed by atoms with Crippen LogP contribution in [0.15, 0.2) is 59.5 Å². The van der Waals surface area contributed by atoms with Crippen LogP contribution in [0.25, 0.3) is 5.69 Å². The molecule has 11 heteroatoms. The van der Waals surface area contributed by atoms with Crippen molar-refractivity contribution < 1.29 is 18.1 Å². The molecule has 1 heterocycles. The van der Waals surface area contributed by atoms with E-state index in [0.717, 1.165) is 0 Å². The lowest BCUT2D eigenvalue weighted by Gasteiger charge is -2.09. The number of aryl methyl sites for hydroxylation is 1. The van der Waals surface area contributed by atoms with Gasteiger partial charge in [-0.25, -0.2) is 13.1 Å². The molecule has 2 aromatic carbocycles. The molecular formula is C19H17ClN4O5S. The van der Waals surface area contributed by atoms with Crippen molar-refractivity contribution in [2.45, 2.75) is 18.2 Å². The van der Waals surface area contributed by atoms with Gasteiger partial charge >= 0.3 is 0 Å². The summed E-state index contributed by atoms with van der Waals surface area (Å²) in [6.07, 6.45) is -0.255. The molecule has 156 valence electrons. The Morgan fingerprint density at radius 3 is 2.40 bits per heavy atom. The van der Waals surface area contributed by atoms with Crippen LogP contribution in [0.1, 0.15) is 12.1 Å². The third-order valence-electron chi connectivity index (χ3n) is 4.17. The minimum absolute atomic E-state index is 0.0689. The van der Waals surface area contributed by atoms with E-state index >= 15 is 0 Å². The first-order chi connectivity index (χ1) is 14.2. The summed E-state index contributed by atoms with van der Waals surface area (Å²) >= 11 is 5.77. The molecule has 3 rings (SSSR count). The number of nitro groups is 1. The molecule has 0 radical (unpaired) electrons. The Morgan fingerprint density at radius 1 is 1.17 bits per heavy atom. The summed E-state index contributed by atoms with van der Waals surface area (Å²) in [5.41, 5.74) is 1.05. The SMILES string of the molecule is Cc1cc(NC(=O)CCS(=O)(=O)c2ccc(Cl)cc2)n(-c2ccc([N+](=O)[O-])cc2)n1. The monoisotopic (exact) mass is 448 g/mol. The Labute approximate surface area is 177 Å². The average Bonchev–Trinajstić information content (AvgIpc) is 3.07. The first-order valence-electron chi connectivity index (χ1n) is 8.75. The normalized spacial score (nSPS) is 11.3. The third-order valence-corrected chi connectivity index (χ3v) is 6.16. The number of carbonyl (C=O) groups is 1. The van der Waals surface area contributed by atoms with Crippen molar-refractivity contribution in [1.82, 2.24) is 9.78 Å². The summed E-state index contributed by atoms with van der Waals surface area (Å²) in [5.74, 6) is -0.545. The van der Waals surface area contributed by atoms with Crippen molar-refractivity contribution in [2.24, 2.45) is 0 Å². The first-order valence-corrected chi connectivity index (χ1v) is 10.8. The quantitative estimate of drug-likeness (QED) is 0.435. The summed E-state index contributed by atoms with van der Waals surface area (Å²) in [5, 5.41) is 18.1. The molecule has 0 aliphatic carbocycles. The van der Waals surface area contributed by atoms with E-state index in [2.05, 4.69) is 10.4 Å². The number of rotatable bonds is 7. The Kier molecular flexibility index (Phi) is 6.18. The molecule has 1 amide bonds. The molecule has 0 saturated heterocycles. The number of hydrogen-bond donors (Lipinski definition) is 1. The molecule has 0 aliphatic rings. The van der Waals surface area contributed by atoms with Crippen LogP contribution in [0.5, 0.6) is 0 Å². The van der Waals surface area contributed by atoms with E-state index in [1.165, 1.54) is 53.2 Å². The number of nitrogens with zero attached hydrogens (tertiary/aromatic N) is 3. The number of nitro benzene ring substituents is 1. The number of non-ortho nitro benzene ring substituents is 1. The van der Waals surface area contributed by atoms with E-state index < -0.39 is 20.7 Å². The number of hydrogen-bond acceptors (Lipinski definition) is 6. The lowest BCUT2D eigenvalue weighted by atomic mass is 10.3. The summed E-state index contributed by atoms with van der Waals surface area (Å²) in [6.45, 7) is 1.72. The smallest absolute Gasteiger partial charge is 0.269 e. The average molecular weight is 449 g/mol. The summed E-state index contributed by atoms with van der Waals surface area (Å²) in [7, 11) is -3.64. The zero-order chi connectivity index (χ0) is 21.9. The van der Waals surface area contributed by atoms with Gasteiger partial charge in [0.2, 0.25) is 5.91 Å². The Hall–Kier alpha value is -3.24. The second-order valence-electron chi connectivity index (χ2n) is 6.43. The largest absolute Gasteiger partial charge is 0.311 e. The molecule has 30 heavy (non-hydrogen) atoms. The van der Waals surface area contributed by atoms with E-state index in [-0.39, 0.29) is 22.8 Å². The molecule has 0 aliphatic heterocycles. The maximum Gasteiger partial charge on any atom is 0.269 e. The topological polar surface area (TPSA) is 124 Å². The Bertz CT molecular complexity index is 1190. The highest BCUT2D eigenvalue weighted by Crippen LogP contribution is 2.21. The van der Waals surface area contributed by atoms with Crippen molar-refractivity contribution in [3.63, 3.8) is 0 Å². The number of anilines is 1. The summed E-state index contributed by atoms with van der Waals surface area (Å²) in [4.78, 5) is 22.7. The van der Waals surface area contributed by atoms with E-state index in [9.17, 15) is 23.3 Å². The number of aromatic nitrogens is 2. The van der Waals surface area contributed by atoms with Crippen LogP contribution in [-0.4, -0.2) is 34.8 Å². The van der Waals surface area contributed by atoms with E-state index in [1.807, 2.05) is 0 Å². The van der Waals surface area contributed by atoms with Crippen LogP contribution >= 0.6 is 11.6 Å². The Balaban J connectivity index is 1.71. The van der Waals surface area contributed by atoms with Crippen molar-refractivity contribution in [2.75, 3.05) is 11.1 Å². The molecule has 1 N–H and O–H groups in total. The highest BCUT2D eigenvalue weighted by molar-refractivity contribution is 7.91. The first kappa shape index (κ1) is 21.5. The van der Waals surface area contributed by atoms with Crippen molar-refractivity contribution >= 4 is 38.9 Å². The molecule has 0 bridgehead atoms. The van der Waals surface area contributed by atoms with Gasteiger partial charge in [-0.15, -0.1) is 0 Å². The lowest BCUT2D eigenvalue weighted by molar-refractivity contribution is -0.384. The molecule has 9 nitrogen and oxygen atoms in total. The maximum atomic E-state index is 12.4. The van der Waals surface area contributed by atoms with Gasteiger partial charge in [0.1, 0.15) is 5.82 Å². The molecular weight excluding hydrogens is 432 g/mol. The van der Waals surface area contributed by atoms with Gasteiger partial charge in [-0.3, -0.25) is 14.9 Å². The predicted molar refractivity (Wildman–Crippen MR) is 112 cm³/mol. The summed E-state index contributed by atoms with van der Waals surface area (Å²) < 4.78 is 26.2. The van der Waals surface area contributed by atoms with Gasteiger partial charge in [0.25, 0.3) is 5.69 Å². The van der Waals surface area contributed by atoms with E-state index in [1.54, 1.807) is 13.0 Å². The number of nitrogens with one attached hydrogen (secondary N) is 1. The van der Waals surface area contributed by atoms with Crippen molar-refractivity contribution in [3.8, 4) is 5.69 Å². The molecule has 1 aromatic heterocycles. The molecule has 3 aromatic rings. The Morgan fingerprint density at radius 2 is 1.80 bits per heavy atom. The number of carbonyl (C=O) groups excluding carboxylic acids is 1. The standard InChI is InChI=1S/C19H17ClN4O5S/c1-13-12-18(23(22-13)15-4-6-16(7-5-15)24(26)27)21-19(25)10-11-30(28,29)17-8-2-14(20)3-9-17/h2-9,12H,10-11H2,1H3,(H,21,25). The summed E-state index contributed by atoms with van der Waals surface area (Å²) in [6, 6.07) is 13.0. The van der Waals surface area contributed by atoms with Crippen LogP contribution in [0, 0.1) is 17.0 Å². The second kappa shape index (κ2) is 8.64. The van der Waals surface area contributed by atoms with Crippen LogP contribution < -0.4 is 5.32 Å². The number of benzene rings is 2.